The van der Waals surface area contributed by atoms with Crippen molar-refractivity contribution in [2.75, 3.05) is 39.5 Å². The van der Waals surface area contributed by atoms with E-state index in [1.54, 1.807) is 49.4 Å². The average Bonchev–Trinajstić information content (AvgIpc) is 2.85. The van der Waals surface area contributed by atoms with E-state index >= 15 is 0 Å². The summed E-state index contributed by atoms with van der Waals surface area (Å²) in [5.74, 6) is 0.928. The highest BCUT2D eigenvalue weighted by Gasteiger charge is 2.16. The van der Waals surface area contributed by atoms with Gasteiger partial charge in [0, 0.05) is 5.56 Å². The van der Waals surface area contributed by atoms with E-state index in [2.05, 4.69) is 5.32 Å². The molecule has 2 aromatic rings. The van der Waals surface area contributed by atoms with Crippen molar-refractivity contribution in [1.29, 1.82) is 0 Å². The van der Waals surface area contributed by atoms with Crippen LogP contribution in [0.2, 0.25) is 0 Å². The van der Waals surface area contributed by atoms with Gasteiger partial charge in [0.15, 0.2) is 17.3 Å². The minimum Gasteiger partial charge on any atom is -0.495 e. The van der Waals surface area contributed by atoms with Gasteiger partial charge in [-0.15, -0.1) is 0 Å². The summed E-state index contributed by atoms with van der Waals surface area (Å²) in [6, 6.07) is 8.24. The predicted molar refractivity (Wildman–Crippen MR) is 133 cm³/mol. The fraction of sp³-hybridized carbons (Fsp3) is 0.240. The third-order valence-corrected chi connectivity index (χ3v) is 5.35. The van der Waals surface area contributed by atoms with Crippen LogP contribution in [-0.2, 0) is 9.59 Å². The number of carbonyl (C=O) groups is 3. The number of nitrogens with one attached hydrogen (secondary N) is 1. The van der Waals surface area contributed by atoms with E-state index in [-0.39, 0.29) is 22.6 Å². The van der Waals surface area contributed by atoms with Crippen molar-refractivity contribution >= 4 is 40.3 Å². The highest BCUT2D eigenvalue weighted by atomic mass is 32.2. The van der Waals surface area contributed by atoms with Gasteiger partial charge in [-0.05, 0) is 48.9 Å². The number of allylic oxidation sites excluding steroid dienone is 2. The molecule has 0 aliphatic heterocycles. The molecule has 0 heterocycles. The molecule has 2 rings (SSSR count). The summed E-state index contributed by atoms with van der Waals surface area (Å²) in [4.78, 5) is 36.6. The predicted octanol–water partition coefficient (Wildman–Crippen LogP) is 4.39. The molecular formula is C25H27NO7S. The first kappa shape index (κ1) is 26.5. The lowest BCUT2D eigenvalue weighted by Crippen LogP contribution is -2.15. The van der Waals surface area contributed by atoms with Crippen LogP contribution in [0.4, 0.5) is 5.69 Å². The molecule has 0 saturated heterocycles. The number of carbonyl (C=O) groups excluding carboxylic acids is 3. The minimum atomic E-state index is -0.351. The fourth-order valence-electron chi connectivity index (χ4n) is 2.93. The first-order valence-corrected chi connectivity index (χ1v) is 11.1. The molecule has 2 aromatic carbocycles. The molecule has 8 nitrogen and oxygen atoms in total. The first-order valence-electron chi connectivity index (χ1n) is 10.2. The maximum Gasteiger partial charge on any atom is 0.234 e. The Morgan fingerprint density at radius 3 is 2.09 bits per heavy atom. The number of rotatable bonds is 11. The Balaban J connectivity index is 2.21. The Morgan fingerprint density at radius 1 is 0.882 bits per heavy atom. The lowest BCUT2D eigenvalue weighted by atomic mass is 10.1. The summed E-state index contributed by atoms with van der Waals surface area (Å²) >= 11 is 0.900. The molecule has 180 valence electrons. The van der Waals surface area contributed by atoms with Crippen LogP contribution in [0.15, 0.2) is 48.6 Å². The molecule has 0 bridgehead atoms. The summed E-state index contributed by atoms with van der Waals surface area (Å²) in [5.41, 5.74) is 1.44. The monoisotopic (exact) mass is 485 g/mol. The zero-order valence-corrected chi connectivity index (χ0v) is 20.5. The molecule has 0 radical (unpaired) electrons. The number of ether oxygens (including phenoxy) is 4. The highest BCUT2D eigenvalue weighted by molar-refractivity contribution is 8.14. The summed E-state index contributed by atoms with van der Waals surface area (Å²) in [7, 11) is 5.92. The van der Waals surface area contributed by atoms with E-state index in [9.17, 15) is 14.4 Å². The summed E-state index contributed by atoms with van der Waals surface area (Å²) in [5, 5.41) is 2.53. The second kappa shape index (κ2) is 13.1. The van der Waals surface area contributed by atoms with Crippen LogP contribution in [0.25, 0.3) is 6.08 Å². The number of hydrogen-bond acceptors (Lipinski definition) is 8. The van der Waals surface area contributed by atoms with E-state index in [1.165, 1.54) is 40.6 Å². The fourth-order valence-corrected chi connectivity index (χ4v) is 3.50. The minimum absolute atomic E-state index is 0.0357. The number of methoxy groups -OCH3 is 4. The largest absolute Gasteiger partial charge is 0.495 e. The Labute approximate surface area is 202 Å². The molecule has 0 saturated carbocycles. The molecule has 1 amide bonds. The number of benzene rings is 2. The Hall–Kier alpha value is -3.72. The lowest BCUT2D eigenvalue weighted by molar-refractivity contribution is -0.114. The van der Waals surface area contributed by atoms with E-state index < -0.39 is 0 Å². The van der Waals surface area contributed by atoms with Crippen molar-refractivity contribution in [1.82, 2.24) is 0 Å². The molecule has 9 heteroatoms. The summed E-state index contributed by atoms with van der Waals surface area (Å²) in [6.07, 6.45) is 6.03. The van der Waals surface area contributed by atoms with Crippen molar-refractivity contribution in [2.24, 2.45) is 0 Å². The number of thioether (sulfide) groups is 1. The molecule has 0 atom stereocenters. The maximum absolute atomic E-state index is 12.8. The van der Waals surface area contributed by atoms with E-state index in [0.717, 1.165) is 11.8 Å². The van der Waals surface area contributed by atoms with Gasteiger partial charge in [0.2, 0.25) is 16.8 Å². The smallest absolute Gasteiger partial charge is 0.234 e. The van der Waals surface area contributed by atoms with Gasteiger partial charge in [-0.2, -0.15) is 0 Å². The highest BCUT2D eigenvalue weighted by Crippen LogP contribution is 2.38. The average molecular weight is 486 g/mol. The maximum atomic E-state index is 12.8. The van der Waals surface area contributed by atoms with Crippen LogP contribution in [-0.4, -0.2) is 51.0 Å². The molecule has 0 spiro atoms. The Bertz CT molecular complexity index is 1080. The summed E-state index contributed by atoms with van der Waals surface area (Å²) in [6.45, 7) is 1.73. The van der Waals surface area contributed by atoms with Crippen molar-refractivity contribution in [3.8, 4) is 23.0 Å². The molecule has 0 aliphatic carbocycles. The van der Waals surface area contributed by atoms with Crippen molar-refractivity contribution in [3.63, 3.8) is 0 Å². The second-order valence-electron chi connectivity index (χ2n) is 6.73. The first-order chi connectivity index (χ1) is 16.4. The third-order valence-electron chi connectivity index (χ3n) is 4.52. The Kier molecular flexibility index (Phi) is 10.2. The number of amides is 1. The topological polar surface area (TPSA) is 100 Å². The van der Waals surface area contributed by atoms with E-state index in [0.29, 0.717) is 39.8 Å². The van der Waals surface area contributed by atoms with Crippen molar-refractivity contribution < 1.29 is 33.3 Å². The molecule has 34 heavy (non-hydrogen) atoms. The van der Waals surface area contributed by atoms with Gasteiger partial charge in [0.1, 0.15) is 5.75 Å². The molecule has 0 unspecified atom stereocenters. The zero-order chi connectivity index (χ0) is 25.1. The van der Waals surface area contributed by atoms with Gasteiger partial charge < -0.3 is 24.3 Å². The quantitative estimate of drug-likeness (QED) is 0.369. The van der Waals surface area contributed by atoms with Gasteiger partial charge in [0.05, 0.1) is 39.9 Å². The van der Waals surface area contributed by atoms with Crippen LogP contribution in [0.5, 0.6) is 23.0 Å². The normalized spacial score (nSPS) is 10.9. The van der Waals surface area contributed by atoms with Crippen molar-refractivity contribution in [2.45, 2.75) is 6.92 Å². The standard InChI is InChI=1S/C25H27NO7S/c1-6-7-24(29)34-15-23(28)26-18-12-16(9-11-20(18)30-2)8-10-19(27)17-13-21(31-3)25(33-5)22(14-17)32-4/h6-14H,15H2,1-5H3,(H,26,28)/b7-6+,10-8+. The van der Waals surface area contributed by atoms with Gasteiger partial charge in [-0.25, -0.2) is 0 Å². The zero-order valence-electron chi connectivity index (χ0n) is 19.7. The lowest BCUT2D eigenvalue weighted by Gasteiger charge is -2.13. The molecule has 0 fully saturated rings. The van der Waals surface area contributed by atoms with Gasteiger partial charge >= 0.3 is 0 Å². The second-order valence-corrected chi connectivity index (χ2v) is 7.71. The molecular weight excluding hydrogens is 458 g/mol. The van der Waals surface area contributed by atoms with Crippen LogP contribution >= 0.6 is 11.8 Å². The van der Waals surface area contributed by atoms with Crippen LogP contribution in [0.1, 0.15) is 22.8 Å². The number of anilines is 1. The van der Waals surface area contributed by atoms with Gasteiger partial charge in [-0.3, -0.25) is 14.4 Å². The Morgan fingerprint density at radius 2 is 1.53 bits per heavy atom. The molecule has 0 aromatic heterocycles. The van der Waals surface area contributed by atoms with Crippen LogP contribution in [0, 0.1) is 0 Å². The van der Waals surface area contributed by atoms with E-state index in [4.69, 9.17) is 18.9 Å². The van der Waals surface area contributed by atoms with Crippen LogP contribution < -0.4 is 24.3 Å². The van der Waals surface area contributed by atoms with Gasteiger partial charge in [-0.1, -0.05) is 30.0 Å². The van der Waals surface area contributed by atoms with Gasteiger partial charge in [0.25, 0.3) is 0 Å². The molecule has 1 N–H and O–H groups in total. The number of hydrogen-bond donors (Lipinski definition) is 1. The van der Waals surface area contributed by atoms with Crippen molar-refractivity contribution in [3.05, 3.63) is 59.7 Å². The third kappa shape index (κ3) is 7.14. The SMILES string of the molecule is C/C=C/C(=O)SCC(=O)Nc1cc(/C=C/C(=O)c2cc(OC)c(OC)c(OC)c2)ccc1OC. The summed E-state index contributed by atoms with van der Waals surface area (Å²) < 4.78 is 21.2. The van der Waals surface area contributed by atoms with E-state index in [1.807, 2.05) is 0 Å². The molecule has 0 aliphatic rings. The van der Waals surface area contributed by atoms with Crippen LogP contribution in [0.3, 0.4) is 0 Å². The number of ketones is 1.